The number of aromatic amines is 1. The van der Waals surface area contributed by atoms with Crippen LogP contribution in [0.3, 0.4) is 0 Å². The number of para-hydroxylation sites is 1. The molecule has 1 saturated carbocycles. The minimum absolute atomic E-state index is 0.0564. The molecule has 0 spiro atoms. The van der Waals surface area contributed by atoms with Crippen LogP contribution in [0.15, 0.2) is 60.9 Å². The largest absolute Gasteiger partial charge is 0.444 e. The summed E-state index contributed by atoms with van der Waals surface area (Å²) in [4.78, 5) is 37.4. The molecule has 2 aromatic carbocycles. The zero-order chi connectivity index (χ0) is 28.3. The quantitative estimate of drug-likeness (QED) is 0.206. The van der Waals surface area contributed by atoms with Crippen LogP contribution in [-0.2, 0) is 4.74 Å². The highest BCUT2D eigenvalue weighted by Gasteiger charge is 2.24. The van der Waals surface area contributed by atoms with Crippen LogP contribution in [0.2, 0.25) is 5.02 Å². The number of carbonyl (C=O) groups excluding carboxylic acids is 2. The Morgan fingerprint density at radius 1 is 1.02 bits per heavy atom. The van der Waals surface area contributed by atoms with E-state index < -0.39 is 11.7 Å². The monoisotopic (exact) mass is 560 g/mol. The van der Waals surface area contributed by atoms with Gasteiger partial charge in [-0.1, -0.05) is 35.9 Å². The lowest BCUT2D eigenvalue weighted by atomic mass is 9.91. The van der Waals surface area contributed by atoms with Crippen LogP contribution in [0.1, 0.15) is 56.8 Å². The first-order valence-electron chi connectivity index (χ1n) is 13.4. The third kappa shape index (κ3) is 6.71. The molecule has 0 unspecified atom stereocenters. The Labute approximate surface area is 238 Å². The molecule has 2 amide bonds. The zero-order valence-corrected chi connectivity index (χ0v) is 23.5. The maximum Gasteiger partial charge on any atom is 0.412 e. The first-order valence-corrected chi connectivity index (χ1v) is 13.8. The Morgan fingerprint density at radius 2 is 1.77 bits per heavy atom. The van der Waals surface area contributed by atoms with E-state index in [4.69, 9.17) is 21.3 Å². The van der Waals surface area contributed by atoms with E-state index in [1.807, 2.05) is 30.5 Å². The van der Waals surface area contributed by atoms with Gasteiger partial charge in [-0.05, 0) is 70.7 Å². The van der Waals surface area contributed by atoms with Crippen molar-refractivity contribution in [2.75, 3.05) is 10.6 Å². The number of carbonyl (C=O) groups is 2. The molecular formula is C30H33ClN6O3. The molecular weight excluding hydrogens is 528 g/mol. The molecule has 5 rings (SSSR count). The Balaban J connectivity index is 1.16. The highest BCUT2D eigenvalue weighted by Crippen LogP contribution is 2.32. The lowest BCUT2D eigenvalue weighted by molar-refractivity contribution is 0.0635. The number of hydrogen-bond acceptors (Lipinski definition) is 6. The van der Waals surface area contributed by atoms with Gasteiger partial charge in [0.2, 0.25) is 5.95 Å². The van der Waals surface area contributed by atoms with Crippen molar-refractivity contribution in [3.63, 3.8) is 0 Å². The third-order valence-electron chi connectivity index (χ3n) is 6.75. The molecule has 0 saturated heterocycles. The van der Waals surface area contributed by atoms with E-state index in [-0.39, 0.29) is 18.0 Å². The number of benzene rings is 2. The second-order valence-corrected chi connectivity index (χ2v) is 11.4. The van der Waals surface area contributed by atoms with Crippen LogP contribution < -0.4 is 16.0 Å². The Hall–Kier alpha value is -4.11. The van der Waals surface area contributed by atoms with E-state index in [0.717, 1.165) is 42.1 Å². The maximum absolute atomic E-state index is 12.9. The summed E-state index contributed by atoms with van der Waals surface area (Å²) in [5.41, 5.74) is 3.02. The van der Waals surface area contributed by atoms with E-state index in [2.05, 4.69) is 25.9 Å². The van der Waals surface area contributed by atoms with E-state index in [1.54, 1.807) is 51.2 Å². The van der Waals surface area contributed by atoms with Gasteiger partial charge < -0.3 is 20.4 Å². The van der Waals surface area contributed by atoms with Crippen molar-refractivity contribution in [2.45, 2.75) is 64.1 Å². The normalized spacial score (nSPS) is 17.3. The number of fused-ring (bicyclic) bond motifs is 1. The third-order valence-corrected chi connectivity index (χ3v) is 7.03. The molecule has 0 aliphatic heterocycles. The van der Waals surface area contributed by atoms with Crippen molar-refractivity contribution in [1.82, 2.24) is 20.3 Å². The number of nitrogens with one attached hydrogen (secondary N) is 4. The van der Waals surface area contributed by atoms with Crippen LogP contribution in [-0.4, -0.2) is 44.6 Å². The van der Waals surface area contributed by atoms with Crippen LogP contribution in [0.5, 0.6) is 0 Å². The number of H-pyrrole nitrogens is 1. The second kappa shape index (κ2) is 11.6. The van der Waals surface area contributed by atoms with Crippen molar-refractivity contribution < 1.29 is 14.3 Å². The van der Waals surface area contributed by atoms with Gasteiger partial charge in [0.05, 0.1) is 16.9 Å². The average Bonchev–Trinajstić information content (AvgIpc) is 3.34. The van der Waals surface area contributed by atoms with Crippen molar-refractivity contribution in [3.05, 3.63) is 71.5 Å². The summed E-state index contributed by atoms with van der Waals surface area (Å²) in [5.74, 6) is 0.361. The summed E-state index contributed by atoms with van der Waals surface area (Å²) in [6, 6.07) is 15.1. The standard InChI is InChI=1S/C30H33ClN6O3/c1-30(2,3)40-29(39)36-21-8-6-7-18(15-21)27(38)34-19-11-13-20(14-12-19)35-28-33-17-24(31)26(37-28)23-16-32-25-10-5-4-9-22(23)25/h4-10,15-17,19-20,32H,11-14H2,1-3H3,(H,34,38)(H,36,39)(H,33,35,37)/t19-,20-. The van der Waals surface area contributed by atoms with E-state index in [0.29, 0.717) is 27.9 Å². The van der Waals surface area contributed by atoms with Crippen LogP contribution in [0.4, 0.5) is 16.4 Å². The van der Waals surface area contributed by atoms with Crippen molar-refractivity contribution in [1.29, 1.82) is 0 Å². The molecule has 0 bridgehead atoms. The van der Waals surface area contributed by atoms with Gasteiger partial charge in [0.15, 0.2) is 0 Å². The topological polar surface area (TPSA) is 121 Å². The van der Waals surface area contributed by atoms with Crippen molar-refractivity contribution in [2.24, 2.45) is 0 Å². The average molecular weight is 561 g/mol. The van der Waals surface area contributed by atoms with Crippen LogP contribution in [0.25, 0.3) is 22.2 Å². The smallest absolute Gasteiger partial charge is 0.412 e. The molecule has 1 fully saturated rings. The highest BCUT2D eigenvalue weighted by atomic mass is 35.5. The molecule has 9 nitrogen and oxygen atoms in total. The van der Waals surface area contributed by atoms with E-state index in [1.165, 1.54) is 0 Å². The SMILES string of the molecule is CC(C)(C)OC(=O)Nc1cccc(C(=O)N[C@H]2CC[C@H](Nc3ncc(Cl)c(-c4c[nH]c5ccccc45)n3)CC2)c1. The van der Waals surface area contributed by atoms with Crippen molar-refractivity contribution in [3.8, 4) is 11.3 Å². The molecule has 1 aliphatic rings. The van der Waals surface area contributed by atoms with E-state index in [9.17, 15) is 9.59 Å². The van der Waals surface area contributed by atoms with Gasteiger partial charge in [0.1, 0.15) is 5.60 Å². The summed E-state index contributed by atoms with van der Waals surface area (Å²) < 4.78 is 5.29. The van der Waals surface area contributed by atoms with E-state index >= 15 is 0 Å². The first-order chi connectivity index (χ1) is 19.1. The summed E-state index contributed by atoms with van der Waals surface area (Å²) >= 11 is 6.47. The zero-order valence-electron chi connectivity index (χ0n) is 22.8. The molecule has 2 heterocycles. The lowest BCUT2D eigenvalue weighted by Crippen LogP contribution is -2.40. The first kappa shape index (κ1) is 27.5. The summed E-state index contributed by atoms with van der Waals surface area (Å²) in [6.45, 7) is 5.39. The molecule has 40 heavy (non-hydrogen) atoms. The number of nitrogens with zero attached hydrogens (tertiary/aromatic N) is 2. The summed E-state index contributed by atoms with van der Waals surface area (Å²) in [6.07, 6.45) is 6.35. The molecule has 208 valence electrons. The minimum Gasteiger partial charge on any atom is -0.444 e. The van der Waals surface area contributed by atoms with Crippen LogP contribution >= 0.6 is 11.6 Å². The fourth-order valence-corrected chi connectivity index (χ4v) is 5.08. The number of halogens is 1. The van der Waals surface area contributed by atoms with Gasteiger partial charge in [-0.3, -0.25) is 10.1 Å². The lowest BCUT2D eigenvalue weighted by Gasteiger charge is -2.29. The fourth-order valence-electron chi connectivity index (χ4n) is 4.89. The Morgan fingerprint density at radius 3 is 2.55 bits per heavy atom. The predicted octanol–water partition coefficient (Wildman–Crippen LogP) is 6.78. The summed E-state index contributed by atoms with van der Waals surface area (Å²) in [5, 5.41) is 10.8. The Bertz CT molecular complexity index is 1520. The van der Waals surface area contributed by atoms with Gasteiger partial charge >= 0.3 is 6.09 Å². The highest BCUT2D eigenvalue weighted by molar-refractivity contribution is 6.33. The summed E-state index contributed by atoms with van der Waals surface area (Å²) in [7, 11) is 0. The second-order valence-electron chi connectivity index (χ2n) is 11.0. The van der Waals surface area contributed by atoms with Gasteiger partial charge in [-0.25, -0.2) is 14.8 Å². The molecule has 0 radical (unpaired) electrons. The molecule has 10 heteroatoms. The predicted molar refractivity (Wildman–Crippen MR) is 158 cm³/mol. The number of hydrogen-bond donors (Lipinski definition) is 4. The molecule has 0 atom stereocenters. The molecule has 4 aromatic rings. The maximum atomic E-state index is 12.9. The number of aromatic nitrogens is 3. The molecule has 4 N–H and O–H groups in total. The number of amides is 2. The van der Waals surface area contributed by atoms with Gasteiger partial charge in [0.25, 0.3) is 5.91 Å². The van der Waals surface area contributed by atoms with Crippen molar-refractivity contribution >= 4 is 46.1 Å². The number of rotatable bonds is 6. The van der Waals surface area contributed by atoms with Gasteiger partial charge in [-0.15, -0.1) is 0 Å². The fraction of sp³-hybridized carbons (Fsp3) is 0.333. The number of anilines is 2. The van der Waals surface area contributed by atoms with Gasteiger partial charge in [0, 0.05) is 46.0 Å². The Kier molecular flexibility index (Phi) is 7.93. The minimum atomic E-state index is -0.605. The van der Waals surface area contributed by atoms with Crippen LogP contribution in [0, 0.1) is 0 Å². The molecule has 1 aliphatic carbocycles. The van der Waals surface area contributed by atoms with Gasteiger partial charge in [-0.2, -0.15) is 0 Å². The molecule has 2 aromatic heterocycles. The number of ether oxygens (including phenoxy) is 1.